The number of aliphatic hydroxyl groups excluding tert-OH is 5. The van der Waals surface area contributed by atoms with Crippen molar-refractivity contribution in [2.24, 2.45) is 0 Å². The summed E-state index contributed by atoms with van der Waals surface area (Å²) in [5.74, 6) is 0.791. The van der Waals surface area contributed by atoms with Gasteiger partial charge in [-0.25, -0.2) is 0 Å². The predicted molar refractivity (Wildman–Crippen MR) is 117 cm³/mol. The third-order valence-corrected chi connectivity index (χ3v) is 6.57. The van der Waals surface area contributed by atoms with Gasteiger partial charge in [-0.3, -0.25) is 0 Å². The molecule has 0 aromatic heterocycles. The van der Waals surface area contributed by atoms with Gasteiger partial charge in [0.05, 0.1) is 12.7 Å². The molecular formula is C25H32O7. The Morgan fingerprint density at radius 2 is 1.69 bits per heavy atom. The monoisotopic (exact) mass is 444 g/mol. The maximum absolute atomic E-state index is 10.4. The zero-order chi connectivity index (χ0) is 22.8. The first kappa shape index (κ1) is 23.2. The molecule has 7 nitrogen and oxygen atoms in total. The number of aliphatic hydroxyl groups is 5. The Labute approximate surface area is 187 Å². The van der Waals surface area contributed by atoms with Crippen LogP contribution in [0.25, 0.3) is 0 Å². The van der Waals surface area contributed by atoms with Crippen LogP contribution in [0.5, 0.6) is 5.75 Å². The van der Waals surface area contributed by atoms with Crippen LogP contribution >= 0.6 is 0 Å². The van der Waals surface area contributed by atoms with Crippen molar-refractivity contribution < 1.29 is 35.0 Å². The summed E-state index contributed by atoms with van der Waals surface area (Å²) in [6, 6.07) is 13.6. The molecule has 7 atom stereocenters. The first-order chi connectivity index (χ1) is 15.4. The molecule has 174 valence electrons. The normalized spacial score (nSPS) is 32.8. The lowest BCUT2D eigenvalue weighted by Crippen LogP contribution is -2.55. The summed E-state index contributed by atoms with van der Waals surface area (Å²) in [6.07, 6.45) is -3.06. The Balaban J connectivity index is 1.47. The molecule has 4 rings (SSSR count). The molecule has 2 aromatic rings. The van der Waals surface area contributed by atoms with E-state index in [1.54, 1.807) is 0 Å². The van der Waals surface area contributed by atoms with E-state index in [1.807, 2.05) is 49.4 Å². The van der Waals surface area contributed by atoms with Crippen molar-refractivity contribution in [2.75, 3.05) is 6.61 Å². The van der Waals surface area contributed by atoms with Crippen molar-refractivity contribution in [2.45, 2.75) is 75.3 Å². The Kier molecular flexibility index (Phi) is 7.14. The molecule has 2 aromatic carbocycles. The molecule has 1 aliphatic heterocycles. The molecule has 1 unspecified atom stereocenters. The van der Waals surface area contributed by atoms with E-state index >= 15 is 0 Å². The highest BCUT2D eigenvalue weighted by Gasteiger charge is 2.44. The van der Waals surface area contributed by atoms with Crippen LogP contribution in [0.3, 0.4) is 0 Å². The number of benzene rings is 2. The lowest BCUT2D eigenvalue weighted by molar-refractivity contribution is -0.231. The molecule has 0 amide bonds. The molecule has 2 fully saturated rings. The lowest BCUT2D eigenvalue weighted by Gasteiger charge is -2.40. The van der Waals surface area contributed by atoms with Gasteiger partial charge in [-0.1, -0.05) is 30.3 Å². The van der Waals surface area contributed by atoms with Crippen LogP contribution in [-0.2, 0) is 11.2 Å². The summed E-state index contributed by atoms with van der Waals surface area (Å²) in [4.78, 5) is 0. The van der Waals surface area contributed by atoms with E-state index in [-0.39, 0.29) is 12.2 Å². The fourth-order valence-electron chi connectivity index (χ4n) is 4.56. The molecule has 7 heteroatoms. The van der Waals surface area contributed by atoms with Gasteiger partial charge in [0, 0.05) is 6.42 Å². The number of hydrogen-bond acceptors (Lipinski definition) is 7. The number of aryl methyl sites for hydroxylation is 1. The number of hydrogen-bond donors (Lipinski definition) is 5. The highest BCUT2D eigenvalue weighted by atomic mass is 16.5. The van der Waals surface area contributed by atoms with Crippen LogP contribution in [-0.4, -0.2) is 68.8 Å². The van der Waals surface area contributed by atoms with E-state index in [9.17, 15) is 25.5 Å². The number of rotatable bonds is 6. The summed E-state index contributed by atoms with van der Waals surface area (Å²) >= 11 is 0. The second-order valence-corrected chi connectivity index (χ2v) is 8.96. The highest BCUT2D eigenvalue weighted by molar-refractivity contribution is 5.38. The quantitative estimate of drug-likeness (QED) is 0.457. The maximum atomic E-state index is 10.4. The summed E-state index contributed by atoms with van der Waals surface area (Å²) in [5, 5.41) is 49.7. The first-order valence-corrected chi connectivity index (χ1v) is 11.2. The molecular weight excluding hydrogens is 412 g/mol. The van der Waals surface area contributed by atoms with Gasteiger partial charge in [0.2, 0.25) is 0 Å². The third kappa shape index (κ3) is 4.98. The van der Waals surface area contributed by atoms with Crippen molar-refractivity contribution in [3.63, 3.8) is 0 Å². The Bertz CT molecular complexity index is 898. The van der Waals surface area contributed by atoms with Gasteiger partial charge in [-0.2, -0.15) is 0 Å². The smallest absolute Gasteiger partial charge is 0.119 e. The van der Waals surface area contributed by atoms with E-state index in [1.165, 1.54) is 0 Å². The van der Waals surface area contributed by atoms with Gasteiger partial charge >= 0.3 is 0 Å². The minimum Gasteiger partial charge on any atom is -0.490 e. The molecule has 0 spiro atoms. The highest BCUT2D eigenvalue weighted by Crippen LogP contribution is 2.33. The summed E-state index contributed by atoms with van der Waals surface area (Å²) in [6.45, 7) is 1.56. The first-order valence-electron chi connectivity index (χ1n) is 11.2. The molecule has 2 aliphatic rings. The SMILES string of the molecule is Cc1ccc([C@@H]2O[C@H](CO)[C@@H](O)[C@H](O)[C@H]2O)cc1Cc1ccc(OC2CC[C@@H](O)C2)cc1. The van der Waals surface area contributed by atoms with Crippen molar-refractivity contribution in [1.29, 1.82) is 0 Å². The second kappa shape index (κ2) is 9.87. The average Bonchev–Trinajstić information content (AvgIpc) is 3.20. The predicted octanol–water partition coefficient (Wildman–Crippen LogP) is 1.39. The standard InChI is InChI=1S/C25H32O7/c1-14-2-5-16(25-24(30)23(29)22(28)21(13-26)32-25)11-17(14)10-15-3-7-19(8-4-15)31-20-9-6-18(27)12-20/h2-5,7-8,11,18,20-30H,6,9-10,12-13H2,1H3/t18-,20?,21-,22-,23+,24-,25+/m1/s1. The molecule has 0 radical (unpaired) electrons. The van der Waals surface area contributed by atoms with E-state index < -0.39 is 37.1 Å². The molecule has 1 saturated carbocycles. The largest absolute Gasteiger partial charge is 0.490 e. The van der Waals surface area contributed by atoms with Crippen LogP contribution in [0.1, 0.15) is 47.6 Å². The van der Waals surface area contributed by atoms with Crippen LogP contribution in [0.4, 0.5) is 0 Å². The van der Waals surface area contributed by atoms with Gasteiger partial charge in [0.15, 0.2) is 0 Å². The Morgan fingerprint density at radius 3 is 2.34 bits per heavy atom. The topological polar surface area (TPSA) is 120 Å². The second-order valence-electron chi connectivity index (χ2n) is 8.96. The van der Waals surface area contributed by atoms with Crippen LogP contribution in [0.2, 0.25) is 0 Å². The van der Waals surface area contributed by atoms with Gasteiger partial charge < -0.3 is 35.0 Å². The van der Waals surface area contributed by atoms with Crippen LogP contribution < -0.4 is 4.74 Å². The van der Waals surface area contributed by atoms with E-state index in [4.69, 9.17) is 9.47 Å². The minimum absolute atomic E-state index is 0.0633. The molecule has 1 saturated heterocycles. The number of ether oxygens (including phenoxy) is 2. The van der Waals surface area contributed by atoms with Gasteiger partial charge in [-0.05, 0) is 60.6 Å². The lowest BCUT2D eigenvalue weighted by atomic mass is 9.89. The van der Waals surface area contributed by atoms with Gasteiger partial charge in [-0.15, -0.1) is 0 Å². The minimum atomic E-state index is -1.40. The summed E-state index contributed by atoms with van der Waals surface area (Å²) < 4.78 is 11.7. The van der Waals surface area contributed by atoms with Crippen LogP contribution in [0, 0.1) is 6.92 Å². The summed E-state index contributed by atoms with van der Waals surface area (Å²) in [5.41, 5.74) is 3.91. The molecule has 32 heavy (non-hydrogen) atoms. The van der Waals surface area contributed by atoms with Crippen molar-refractivity contribution in [1.82, 2.24) is 0 Å². The average molecular weight is 445 g/mol. The Morgan fingerprint density at radius 1 is 0.938 bits per heavy atom. The van der Waals surface area contributed by atoms with Gasteiger partial charge in [0.1, 0.15) is 42.4 Å². The van der Waals surface area contributed by atoms with Crippen LogP contribution in [0.15, 0.2) is 42.5 Å². The van der Waals surface area contributed by atoms with Crippen molar-refractivity contribution in [3.8, 4) is 5.75 Å². The molecule has 1 aliphatic carbocycles. The molecule has 5 N–H and O–H groups in total. The maximum Gasteiger partial charge on any atom is 0.119 e. The van der Waals surface area contributed by atoms with E-state index in [0.29, 0.717) is 18.4 Å². The summed E-state index contributed by atoms with van der Waals surface area (Å²) in [7, 11) is 0. The van der Waals surface area contributed by atoms with E-state index in [2.05, 4.69) is 0 Å². The zero-order valence-electron chi connectivity index (χ0n) is 18.2. The van der Waals surface area contributed by atoms with E-state index in [0.717, 1.165) is 35.3 Å². The fraction of sp³-hybridized carbons (Fsp3) is 0.520. The molecule has 0 bridgehead atoms. The Hall–Kier alpha value is -2.00. The zero-order valence-corrected chi connectivity index (χ0v) is 18.2. The van der Waals surface area contributed by atoms with Crippen molar-refractivity contribution in [3.05, 3.63) is 64.7 Å². The third-order valence-electron chi connectivity index (χ3n) is 6.57. The fourth-order valence-corrected chi connectivity index (χ4v) is 4.56. The van der Waals surface area contributed by atoms with Crippen molar-refractivity contribution >= 4 is 0 Å². The van der Waals surface area contributed by atoms with Gasteiger partial charge in [0.25, 0.3) is 0 Å². The molecule has 1 heterocycles.